The van der Waals surface area contributed by atoms with E-state index in [0.29, 0.717) is 18.3 Å². The van der Waals surface area contributed by atoms with Gasteiger partial charge < -0.3 is 15.5 Å². The predicted molar refractivity (Wildman–Crippen MR) is 153 cm³/mol. The van der Waals surface area contributed by atoms with Gasteiger partial charge in [0.05, 0.1) is 5.69 Å². The first-order chi connectivity index (χ1) is 19.2. The summed E-state index contributed by atoms with van der Waals surface area (Å²) in [5.74, 6) is 1.15. The average Bonchev–Trinajstić information content (AvgIpc) is 3.23. The maximum Gasteiger partial charge on any atom is 0.225 e. The van der Waals surface area contributed by atoms with Gasteiger partial charge in [-0.25, -0.2) is 4.98 Å². The Morgan fingerprint density at radius 3 is 2.44 bits per heavy atom. The minimum absolute atomic E-state index is 0.0958. The van der Waals surface area contributed by atoms with Crippen LogP contribution < -0.4 is 5.73 Å². The van der Waals surface area contributed by atoms with Crippen molar-refractivity contribution >= 4 is 17.4 Å². The number of oxime groups is 1. The molecule has 39 heavy (non-hydrogen) atoms. The van der Waals surface area contributed by atoms with E-state index < -0.39 is 0 Å². The molecule has 2 aromatic heterocycles. The molecule has 2 fully saturated rings. The van der Waals surface area contributed by atoms with E-state index in [4.69, 9.17) is 10.6 Å². The van der Waals surface area contributed by atoms with Gasteiger partial charge in [0.15, 0.2) is 0 Å². The molecule has 0 radical (unpaired) electrons. The number of benzene rings is 1. The highest BCUT2D eigenvalue weighted by atomic mass is 16.6. The fourth-order valence-corrected chi connectivity index (χ4v) is 5.63. The zero-order chi connectivity index (χ0) is 26.9. The smallest absolute Gasteiger partial charge is 0.225 e. The van der Waals surface area contributed by atoms with Crippen molar-refractivity contribution in [1.29, 1.82) is 0 Å². The van der Waals surface area contributed by atoms with Crippen LogP contribution in [-0.2, 0) is 22.8 Å². The van der Waals surface area contributed by atoms with Crippen molar-refractivity contribution in [3.63, 3.8) is 0 Å². The fraction of sp³-hybridized carbons (Fsp3) is 0.419. The third-order valence-electron chi connectivity index (χ3n) is 7.78. The lowest BCUT2D eigenvalue weighted by molar-refractivity contribution is -0.137. The standard InChI is InChI=1S/C31H38N6O2/c32-29-21-25(11-16-34-29)22-36-18-12-27(13-19-36)31(38)37-17-6-9-26(14-20-37)30(28-10-4-5-15-33-28)35-39-23-24-7-2-1-3-8-24/h1-5,7-8,10-11,15-16,21,26-27H,6,9,12-14,17-20,22-23H2,(H2,32,34). The number of carbonyl (C=O) groups excluding carboxylic acids is 1. The number of anilines is 1. The second kappa shape index (κ2) is 13.3. The lowest BCUT2D eigenvalue weighted by atomic mass is 9.92. The van der Waals surface area contributed by atoms with Crippen molar-refractivity contribution in [1.82, 2.24) is 19.8 Å². The van der Waals surface area contributed by atoms with Crippen LogP contribution in [0.5, 0.6) is 0 Å². The van der Waals surface area contributed by atoms with Crippen molar-refractivity contribution < 1.29 is 9.63 Å². The molecule has 2 N–H and O–H groups in total. The topological polar surface area (TPSA) is 96.9 Å². The minimum Gasteiger partial charge on any atom is -0.391 e. The van der Waals surface area contributed by atoms with Gasteiger partial charge in [0, 0.05) is 43.9 Å². The summed E-state index contributed by atoms with van der Waals surface area (Å²) in [5.41, 5.74) is 9.81. The normalized spacial score (nSPS) is 19.4. The van der Waals surface area contributed by atoms with E-state index in [-0.39, 0.29) is 11.8 Å². The highest BCUT2D eigenvalue weighted by Crippen LogP contribution is 2.26. The molecule has 5 rings (SSSR count). The van der Waals surface area contributed by atoms with Crippen LogP contribution in [0.1, 0.15) is 48.9 Å². The van der Waals surface area contributed by atoms with Crippen LogP contribution >= 0.6 is 0 Å². The van der Waals surface area contributed by atoms with Crippen LogP contribution in [0, 0.1) is 11.8 Å². The van der Waals surface area contributed by atoms with Crippen LogP contribution in [0.15, 0.2) is 78.2 Å². The van der Waals surface area contributed by atoms with Gasteiger partial charge in [-0.05, 0) is 80.6 Å². The largest absolute Gasteiger partial charge is 0.391 e. The van der Waals surface area contributed by atoms with E-state index in [1.807, 2.05) is 60.7 Å². The summed E-state index contributed by atoms with van der Waals surface area (Å²) in [4.78, 5) is 32.5. The summed E-state index contributed by atoms with van der Waals surface area (Å²) >= 11 is 0. The number of nitrogens with two attached hydrogens (primary N) is 1. The van der Waals surface area contributed by atoms with Crippen LogP contribution in [-0.4, -0.2) is 57.6 Å². The number of amides is 1. The van der Waals surface area contributed by atoms with E-state index in [9.17, 15) is 4.79 Å². The molecule has 2 aliphatic rings. The molecule has 0 bridgehead atoms. The molecule has 1 amide bonds. The molecule has 3 aromatic rings. The highest BCUT2D eigenvalue weighted by molar-refractivity contribution is 6.00. The quantitative estimate of drug-likeness (QED) is 0.342. The molecule has 8 nitrogen and oxygen atoms in total. The Hall–Kier alpha value is -3.78. The molecular formula is C31H38N6O2. The lowest BCUT2D eigenvalue weighted by Crippen LogP contribution is -2.42. The predicted octanol–water partition coefficient (Wildman–Crippen LogP) is 4.52. The van der Waals surface area contributed by atoms with Crippen LogP contribution in [0.2, 0.25) is 0 Å². The van der Waals surface area contributed by atoms with Gasteiger partial charge in [0.25, 0.3) is 0 Å². The molecule has 0 aliphatic carbocycles. The van der Waals surface area contributed by atoms with E-state index in [1.54, 1.807) is 12.4 Å². The molecular weight excluding hydrogens is 488 g/mol. The molecule has 1 aromatic carbocycles. The maximum absolute atomic E-state index is 13.5. The Morgan fingerprint density at radius 1 is 0.872 bits per heavy atom. The Morgan fingerprint density at radius 2 is 1.67 bits per heavy atom. The first-order valence-corrected chi connectivity index (χ1v) is 14.0. The summed E-state index contributed by atoms with van der Waals surface area (Å²) in [6, 6.07) is 19.9. The fourth-order valence-electron chi connectivity index (χ4n) is 5.63. The summed E-state index contributed by atoms with van der Waals surface area (Å²) in [5, 5.41) is 4.60. The number of carbonyl (C=O) groups is 1. The first kappa shape index (κ1) is 26.8. The van der Waals surface area contributed by atoms with E-state index in [1.165, 1.54) is 5.56 Å². The van der Waals surface area contributed by atoms with E-state index >= 15 is 0 Å². The van der Waals surface area contributed by atoms with Gasteiger partial charge in [0.2, 0.25) is 5.91 Å². The van der Waals surface area contributed by atoms with E-state index in [0.717, 1.165) is 81.8 Å². The Balaban J connectivity index is 1.17. The minimum atomic E-state index is 0.0958. The Bertz CT molecular complexity index is 1230. The first-order valence-electron chi connectivity index (χ1n) is 14.0. The van der Waals surface area contributed by atoms with Crippen molar-refractivity contribution in [3.8, 4) is 0 Å². The SMILES string of the molecule is Nc1cc(CN2CCC(C(=O)N3CCCC(C(=NOCc4ccccc4)c4ccccn4)CC3)CC2)ccn1. The Labute approximate surface area is 230 Å². The third kappa shape index (κ3) is 7.41. The number of likely N-dealkylation sites (tertiary alicyclic amines) is 2. The van der Waals surface area contributed by atoms with Crippen LogP contribution in [0.4, 0.5) is 5.82 Å². The molecule has 0 spiro atoms. The summed E-state index contributed by atoms with van der Waals surface area (Å²) in [6.45, 7) is 4.65. The summed E-state index contributed by atoms with van der Waals surface area (Å²) in [6.07, 6.45) is 8.11. The third-order valence-corrected chi connectivity index (χ3v) is 7.78. The molecule has 0 saturated carbocycles. The van der Waals surface area contributed by atoms with Crippen molar-refractivity contribution in [2.45, 2.75) is 45.3 Å². The van der Waals surface area contributed by atoms with Crippen molar-refractivity contribution in [3.05, 3.63) is 89.9 Å². The molecule has 204 valence electrons. The molecule has 4 heterocycles. The molecule has 2 saturated heterocycles. The number of hydrogen-bond acceptors (Lipinski definition) is 7. The van der Waals surface area contributed by atoms with Crippen LogP contribution in [0.25, 0.3) is 0 Å². The monoisotopic (exact) mass is 526 g/mol. The average molecular weight is 527 g/mol. The number of pyridine rings is 2. The lowest BCUT2D eigenvalue weighted by Gasteiger charge is -2.34. The zero-order valence-electron chi connectivity index (χ0n) is 22.5. The number of hydrogen-bond donors (Lipinski definition) is 1. The summed E-state index contributed by atoms with van der Waals surface area (Å²) < 4.78 is 0. The number of nitrogen functional groups attached to an aromatic ring is 1. The highest BCUT2D eigenvalue weighted by Gasteiger charge is 2.31. The second-order valence-corrected chi connectivity index (χ2v) is 10.5. The van der Waals surface area contributed by atoms with Gasteiger partial charge in [-0.3, -0.25) is 14.7 Å². The van der Waals surface area contributed by atoms with Gasteiger partial charge in [-0.2, -0.15) is 0 Å². The van der Waals surface area contributed by atoms with E-state index in [2.05, 4.69) is 24.9 Å². The molecule has 1 atom stereocenters. The van der Waals surface area contributed by atoms with Gasteiger partial charge in [0.1, 0.15) is 18.1 Å². The van der Waals surface area contributed by atoms with Crippen molar-refractivity contribution in [2.75, 3.05) is 31.9 Å². The maximum atomic E-state index is 13.5. The zero-order valence-corrected chi connectivity index (χ0v) is 22.5. The molecule has 8 heteroatoms. The second-order valence-electron chi connectivity index (χ2n) is 10.5. The number of nitrogens with zero attached hydrogens (tertiary/aromatic N) is 5. The summed E-state index contributed by atoms with van der Waals surface area (Å²) in [7, 11) is 0. The van der Waals surface area contributed by atoms with Crippen LogP contribution in [0.3, 0.4) is 0 Å². The van der Waals surface area contributed by atoms with Crippen molar-refractivity contribution in [2.24, 2.45) is 17.0 Å². The van der Waals surface area contributed by atoms with Gasteiger partial charge in [-0.1, -0.05) is 41.6 Å². The Kier molecular flexibility index (Phi) is 9.17. The van der Waals surface area contributed by atoms with Gasteiger partial charge >= 0.3 is 0 Å². The molecule has 2 aliphatic heterocycles. The molecule has 1 unspecified atom stereocenters. The van der Waals surface area contributed by atoms with Gasteiger partial charge in [-0.15, -0.1) is 0 Å². The number of piperidine rings is 1. The number of aromatic nitrogens is 2. The number of rotatable bonds is 8.